The van der Waals surface area contributed by atoms with Gasteiger partial charge in [-0.05, 0) is 25.5 Å². The van der Waals surface area contributed by atoms with Gasteiger partial charge in [0.2, 0.25) is 0 Å². The maximum absolute atomic E-state index is 11.1. The van der Waals surface area contributed by atoms with Gasteiger partial charge >= 0.3 is 6.09 Å². The molecule has 1 rings (SSSR count). The van der Waals surface area contributed by atoms with Gasteiger partial charge in [-0.1, -0.05) is 6.07 Å². The Labute approximate surface area is 83.3 Å². The lowest BCUT2D eigenvalue weighted by Crippen LogP contribution is -2.27. The highest BCUT2D eigenvalue weighted by Crippen LogP contribution is 2.09. The molecule has 0 saturated carbocycles. The molecule has 14 heavy (non-hydrogen) atoms. The lowest BCUT2D eigenvalue weighted by Gasteiger charge is -2.12. The van der Waals surface area contributed by atoms with Crippen molar-refractivity contribution >= 4 is 6.09 Å². The van der Waals surface area contributed by atoms with Crippen molar-refractivity contribution in [3.8, 4) is 0 Å². The van der Waals surface area contributed by atoms with Gasteiger partial charge in [-0.2, -0.15) is 0 Å². The van der Waals surface area contributed by atoms with Gasteiger partial charge in [-0.25, -0.2) is 4.79 Å². The average Bonchev–Trinajstić information content (AvgIpc) is 2.19. The number of hydrogen-bond donors (Lipinski definition) is 1. The summed E-state index contributed by atoms with van der Waals surface area (Å²) in [6.07, 6.45) is 3.01. The van der Waals surface area contributed by atoms with E-state index in [1.54, 1.807) is 19.3 Å². The second-order valence-corrected chi connectivity index (χ2v) is 2.87. The standard InChI is InChI=1S/C10H14N2O2/c1-3-14-10(13)12-8(2)9-5-4-6-11-7-9/h4-8H,3H2,1-2H3,(H,12,13)/t8-/m0/s1. The van der Waals surface area contributed by atoms with Crippen molar-refractivity contribution < 1.29 is 9.53 Å². The Morgan fingerprint density at radius 2 is 2.50 bits per heavy atom. The number of aromatic nitrogens is 1. The number of amides is 1. The Kier molecular flexibility index (Phi) is 3.91. The zero-order chi connectivity index (χ0) is 10.4. The molecular weight excluding hydrogens is 180 g/mol. The number of nitrogens with one attached hydrogen (secondary N) is 1. The van der Waals surface area contributed by atoms with Gasteiger partial charge in [0, 0.05) is 12.4 Å². The van der Waals surface area contributed by atoms with Crippen LogP contribution in [-0.2, 0) is 4.74 Å². The van der Waals surface area contributed by atoms with Crippen LogP contribution in [0.2, 0.25) is 0 Å². The van der Waals surface area contributed by atoms with E-state index >= 15 is 0 Å². The van der Waals surface area contributed by atoms with Gasteiger partial charge < -0.3 is 10.1 Å². The molecule has 0 radical (unpaired) electrons. The van der Waals surface area contributed by atoms with E-state index in [0.29, 0.717) is 6.61 Å². The van der Waals surface area contributed by atoms with Crippen molar-refractivity contribution in [2.45, 2.75) is 19.9 Å². The van der Waals surface area contributed by atoms with Crippen LogP contribution in [0.3, 0.4) is 0 Å². The third-order valence-corrected chi connectivity index (χ3v) is 1.79. The van der Waals surface area contributed by atoms with Crippen molar-refractivity contribution in [1.82, 2.24) is 10.3 Å². The summed E-state index contributed by atoms with van der Waals surface area (Å²) in [7, 11) is 0. The van der Waals surface area contributed by atoms with Crippen LogP contribution in [-0.4, -0.2) is 17.7 Å². The molecule has 1 aromatic heterocycles. The second-order valence-electron chi connectivity index (χ2n) is 2.87. The summed E-state index contributed by atoms with van der Waals surface area (Å²) in [5, 5.41) is 2.70. The number of pyridine rings is 1. The van der Waals surface area contributed by atoms with Crippen molar-refractivity contribution in [3.05, 3.63) is 30.1 Å². The minimum atomic E-state index is -0.399. The van der Waals surface area contributed by atoms with Crippen LogP contribution < -0.4 is 5.32 Å². The Hall–Kier alpha value is -1.58. The molecule has 1 atom stereocenters. The first-order chi connectivity index (χ1) is 6.74. The minimum Gasteiger partial charge on any atom is -0.450 e. The monoisotopic (exact) mass is 194 g/mol. The van der Waals surface area contributed by atoms with E-state index in [0.717, 1.165) is 5.56 Å². The van der Waals surface area contributed by atoms with Gasteiger partial charge in [-0.15, -0.1) is 0 Å². The molecule has 1 aromatic rings. The third-order valence-electron chi connectivity index (χ3n) is 1.79. The normalized spacial score (nSPS) is 11.9. The van der Waals surface area contributed by atoms with Crippen LogP contribution in [0.15, 0.2) is 24.5 Å². The summed E-state index contributed by atoms with van der Waals surface area (Å²) in [5.74, 6) is 0. The Bertz CT molecular complexity index is 287. The molecule has 0 unspecified atom stereocenters. The van der Waals surface area contributed by atoms with E-state index in [1.807, 2.05) is 19.1 Å². The summed E-state index contributed by atoms with van der Waals surface area (Å²) in [5.41, 5.74) is 0.959. The molecule has 0 fully saturated rings. The second kappa shape index (κ2) is 5.21. The van der Waals surface area contributed by atoms with Crippen molar-refractivity contribution in [3.63, 3.8) is 0 Å². The van der Waals surface area contributed by atoms with Crippen LogP contribution in [0, 0.1) is 0 Å². The lowest BCUT2D eigenvalue weighted by molar-refractivity contribution is 0.149. The fraction of sp³-hybridized carbons (Fsp3) is 0.400. The number of nitrogens with zero attached hydrogens (tertiary/aromatic N) is 1. The first kappa shape index (κ1) is 10.5. The number of ether oxygens (including phenoxy) is 1. The number of carbonyl (C=O) groups excluding carboxylic acids is 1. The largest absolute Gasteiger partial charge is 0.450 e. The molecule has 1 heterocycles. The van der Waals surface area contributed by atoms with E-state index in [9.17, 15) is 4.79 Å². The van der Waals surface area contributed by atoms with Gasteiger partial charge in [0.15, 0.2) is 0 Å². The predicted molar refractivity (Wildman–Crippen MR) is 52.8 cm³/mol. The molecule has 4 heteroatoms. The molecule has 1 amide bonds. The molecule has 1 N–H and O–H groups in total. The molecule has 0 aliphatic heterocycles. The van der Waals surface area contributed by atoms with E-state index in [2.05, 4.69) is 10.3 Å². The van der Waals surface area contributed by atoms with Crippen molar-refractivity contribution in [1.29, 1.82) is 0 Å². The Balaban J connectivity index is 2.50. The van der Waals surface area contributed by atoms with Crippen molar-refractivity contribution in [2.24, 2.45) is 0 Å². The number of carbonyl (C=O) groups is 1. The molecule has 0 spiro atoms. The highest BCUT2D eigenvalue weighted by atomic mass is 16.5. The van der Waals surface area contributed by atoms with Gasteiger partial charge in [-0.3, -0.25) is 4.98 Å². The van der Waals surface area contributed by atoms with E-state index < -0.39 is 6.09 Å². The average molecular weight is 194 g/mol. The van der Waals surface area contributed by atoms with E-state index in [1.165, 1.54) is 0 Å². The molecule has 4 nitrogen and oxygen atoms in total. The van der Waals surface area contributed by atoms with Crippen LogP contribution >= 0.6 is 0 Å². The maximum atomic E-state index is 11.1. The fourth-order valence-electron chi connectivity index (χ4n) is 1.06. The zero-order valence-electron chi connectivity index (χ0n) is 8.36. The predicted octanol–water partition coefficient (Wildman–Crippen LogP) is 1.89. The topological polar surface area (TPSA) is 51.2 Å². The molecule has 0 saturated heterocycles. The molecule has 0 aliphatic rings. The quantitative estimate of drug-likeness (QED) is 0.799. The first-order valence-corrected chi connectivity index (χ1v) is 4.57. The highest BCUT2D eigenvalue weighted by molar-refractivity contribution is 5.67. The summed E-state index contributed by atoms with van der Waals surface area (Å²) >= 11 is 0. The SMILES string of the molecule is CCOC(=O)N[C@@H](C)c1cccnc1. The Morgan fingerprint density at radius 1 is 1.71 bits per heavy atom. The lowest BCUT2D eigenvalue weighted by atomic mass is 10.1. The molecule has 76 valence electrons. The van der Waals surface area contributed by atoms with Crippen LogP contribution in [0.4, 0.5) is 4.79 Å². The summed E-state index contributed by atoms with van der Waals surface area (Å²) in [4.78, 5) is 15.0. The van der Waals surface area contributed by atoms with Crippen LogP contribution in [0.25, 0.3) is 0 Å². The highest BCUT2D eigenvalue weighted by Gasteiger charge is 2.08. The van der Waals surface area contributed by atoms with Gasteiger partial charge in [0.25, 0.3) is 0 Å². The number of hydrogen-bond acceptors (Lipinski definition) is 3. The summed E-state index contributed by atoms with van der Waals surface area (Å²) in [6, 6.07) is 3.66. The van der Waals surface area contributed by atoms with Gasteiger partial charge in [0.1, 0.15) is 0 Å². The maximum Gasteiger partial charge on any atom is 0.407 e. The van der Waals surface area contributed by atoms with Crippen molar-refractivity contribution in [2.75, 3.05) is 6.61 Å². The summed E-state index contributed by atoms with van der Waals surface area (Å²) in [6.45, 7) is 4.04. The van der Waals surface area contributed by atoms with E-state index in [-0.39, 0.29) is 6.04 Å². The molecule has 0 bridgehead atoms. The van der Waals surface area contributed by atoms with Crippen LogP contribution in [0.1, 0.15) is 25.5 Å². The first-order valence-electron chi connectivity index (χ1n) is 4.57. The number of rotatable bonds is 3. The minimum absolute atomic E-state index is 0.0808. The molecular formula is C10H14N2O2. The van der Waals surface area contributed by atoms with Gasteiger partial charge in [0.05, 0.1) is 12.6 Å². The zero-order valence-corrected chi connectivity index (χ0v) is 8.36. The molecule has 0 aliphatic carbocycles. The number of alkyl carbamates (subject to hydrolysis) is 1. The van der Waals surface area contributed by atoms with E-state index in [4.69, 9.17) is 4.74 Å². The third kappa shape index (κ3) is 3.05. The Morgan fingerprint density at radius 3 is 3.07 bits per heavy atom. The summed E-state index contributed by atoms with van der Waals surface area (Å²) < 4.78 is 4.76. The smallest absolute Gasteiger partial charge is 0.407 e. The molecule has 0 aromatic carbocycles. The van der Waals surface area contributed by atoms with Crippen LogP contribution in [0.5, 0.6) is 0 Å². The fourth-order valence-corrected chi connectivity index (χ4v) is 1.06.